The molecule has 0 atom stereocenters. The Morgan fingerprint density at radius 3 is 2.65 bits per heavy atom. The van der Waals surface area contributed by atoms with Crippen molar-refractivity contribution in [3.05, 3.63) is 35.7 Å². The van der Waals surface area contributed by atoms with E-state index in [1.807, 2.05) is 18.4 Å². The number of hydrogen-bond acceptors (Lipinski definition) is 6. The molecule has 6 nitrogen and oxygen atoms in total. The summed E-state index contributed by atoms with van der Waals surface area (Å²) in [6.07, 6.45) is 9.63. The van der Waals surface area contributed by atoms with Gasteiger partial charge in [-0.2, -0.15) is 9.78 Å². The standard InChI is InChI=1S/C18H22N4O2S2/c1-25-15-9-7-13(8-10-15)11-19-22-17(14-5-3-2-4-6-14)20-21-18(22)26-12-16(23)24/h7-11,14H,2-6,12H2,1H3,(H,23,24)/b19-11-. The van der Waals surface area contributed by atoms with Crippen LogP contribution >= 0.6 is 23.5 Å². The number of carboxylic acids is 1. The summed E-state index contributed by atoms with van der Waals surface area (Å²) in [6, 6.07) is 8.15. The van der Waals surface area contributed by atoms with Crippen molar-refractivity contribution in [2.75, 3.05) is 12.0 Å². The summed E-state index contributed by atoms with van der Waals surface area (Å²) in [6.45, 7) is 0. The largest absolute Gasteiger partial charge is 0.481 e. The van der Waals surface area contributed by atoms with Gasteiger partial charge in [0.15, 0.2) is 5.82 Å². The quantitative estimate of drug-likeness (QED) is 0.566. The van der Waals surface area contributed by atoms with Crippen LogP contribution in [0, 0.1) is 0 Å². The number of aromatic nitrogens is 3. The van der Waals surface area contributed by atoms with Gasteiger partial charge in [-0.15, -0.1) is 22.0 Å². The topological polar surface area (TPSA) is 80.4 Å². The summed E-state index contributed by atoms with van der Waals surface area (Å²) in [5, 5.41) is 22.6. The van der Waals surface area contributed by atoms with Gasteiger partial charge in [0, 0.05) is 10.8 Å². The van der Waals surface area contributed by atoms with Crippen molar-refractivity contribution in [1.82, 2.24) is 14.9 Å². The van der Waals surface area contributed by atoms with E-state index < -0.39 is 5.97 Å². The highest BCUT2D eigenvalue weighted by Crippen LogP contribution is 2.33. The molecule has 0 bridgehead atoms. The van der Waals surface area contributed by atoms with Crippen LogP contribution in [0.1, 0.15) is 49.4 Å². The van der Waals surface area contributed by atoms with E-state index in [-0.39, 0.29) is 5.75 Å². The number of nitrogens with zero attached hydrogens (tertiary/aromatic N) is 4. The molecule has 0 radical (unpaired) electrons. The fourth-order valence-corrected chi connectivity index (χ4v) is 4.05. The SMILES string of the molecule is CSc1ccc(/C=N\n2c(SCC(=O)O)nnc2C2CCCCC2)cc1. The summed E-state index contributed by atoms with van der Waals surface area (Å²) in [5.41, 5.74) is 0.986. The van der Waals surface area contributed by atoms with Crippen LogP contribution in [0.4, 0.5) is 0 Å². The number of carboxylic acid groups (broad SMARTS) is 1. The van der Waals surface area contributed by atoms with E-state index in [1.54, 1.807) is 22.7 Å². The van der Waals surface area contributed by atoms with Crippen molar-refractivity contribution >= 4 is 35.7 Å². The molecule has 2 aromatic rings. The van der Waals surface area contributed by atoms with Crippen molar-refractivity contribution in [3.8, 4) is 0 Å². The van der Waals surface area contributed by atoms with Crippen molar-refractivity contribution in [2.45, 2.75) is 48.1 Å². The minimum absolute atomic E-state index is 0.0548. The van der Waals surface area contributed by atoms with E-state index in [9.17, 15) is 4.79 Å². The van der Waals surface area contributed by atoms with Crippen LogP contribution in [-0.4, -0.2) is 44.2 Å². The average molecular weight is 391 g/mol. The van der Waals surface area contributed by atoms with Crippen LogP contribution in [-0.2, 0) is 4.79 Å². The first-order chi connectivity index (χ1) is 12.7. The molecule has 1 heterocycles. The molecule has 0 aliphatic heterocycles. The maximum atomic E-state index is 10.9. The van der Waals surface area contributed by atoms with Crippen LogP contribution in [0.2, 0.25) is 0 Å². The number of thioether (sulfide) groups is 2. The minimum atomic E-state index is -0.875. The number of benzene rings is 1. The van der Waals surface area contributed by atoms with Crippen LogP contribution in [0.25, 0.3) is 0 Å². The monoisotopic (exact) mass is 390 g/mol. The summed E-state index contributed by atoms with van der Waals surface area (Å²) in [4.78, 5) is 12.1. The first-order valence-electron chi connectivity index (χ1n) is 8.65. The zero-order chi connectivity index (χ0) is 18.4. The Morgan fingerprint density at radius 2 is 2.00 bits per heavy atom. The Balaban J connectivity index is 1.86. The molecule has 1 aliphatic carbocycles. The van der Waals surface area contributed by atoms with Crippen LogP contribution in [0.3, 0.4) is 0 Å². The summed E-state index contributed by atoms with van der Waals surface area (Å²) >= 11 is 2.85. The molecule has 1 fully saturated rings. The first-order valence-corrected chi connectivity index (χ1v) is 10.9. The third-order valence-electron chi connectivity index (χ3n) is 4.37. The lowest BCUT2D eigenvalue weighted by atomic mass is 9.89. The molecule has 1 aromatic carbocycles. The van der Waals surface area contributed by atoms with Gasteiger partial charge in [0.2, 0.25) is 5.16 Å². The fourth-order valence-electron chi connectivity index (χ4n) is 3.03. The smallest absolute Gasteiger partial charge is 0.313 e. The number of rotatable bonds is 7. The highest BCUT2D eigenvalue weighted by Gasteiger charge is 2.23. The molecule has 1 saturated carbocycles. The Labute approximate surface area is 161 Å². The van der Waals surface area contributed by atoms with Crippen LogP contribution in [0.5, 0.6) is 0 Å². The normalized spacial score (nSPS) is 15.6. The van der Waals surface area contributed by atoms with Gasteiger partial charge in [0.05, 0.1) is 12.0 Å². The maximum Gasteiger partial charge on any atom is 0.313 e. The van der Waals surface area contributed by atoms with E-state index in [0.29, 0.717) is 11.1 Å². The van der Waals surface area contributed by atoms with Gasteiger partial charge in [-0.1, -0.05) is 43.2 Å². The molecule has 0 amide bonds. The predicted octanol–water partition coefficient (Wildman–Crippen LogP) is 4.11. The lowest BCUT2D eigenvalue weighted by molar-refractivity contribution is -0.133. The van der Waals surface area contributed by atoms with Crippen molar-refractivity contribution in [2.24, 2.45) is 5.10 Å². The lowest BCUT2D eigenvalue weighted by Gasteiger charge is -2.20. The Bertz CT molecular complexity index is 768. The van der Waals surface area contributed by atoms with E-state index in [1.165, 1.54) is 24.2 Å². The molecule has 26 heavy (non-hydrogen) atoms. The highest BCUT2D eigenvalue weighted by atomic mass is 32.2. The molecular formula is C18H22N4O2S2. The molecule has 3 rings (SSSR count). The van der Waals surface area contributed by atoms with E-state index in [2.05, 4.69) is 27.4 Å². The third-order valence-corrected chi connectivity index (χ3v) is 6.02. The zero-order valence-corrected chi connectivity index (χ0v) is 16.3. The molecule has 8 heteroatoms. The van der Waals surface area contributed by atoms with E-state index in [4.69, 9.17) is 5.11 Å². The summed E-state index contributed by atoms with van der Waals surface area (Å²) in [5.74, 6) is 0.252. The first kappa shape index (κ1) is 19.0. The van der Waals surface area contributed by atoms with Crippen LogP contribution < -0.4 is 0 Å². The number of carbonyl (C=O) groups is 1. The third kappa shape index (κ3) is 4.88. The molecule has 0 unspecified atom stereocenters. The predicted molar refractivity (Wildman–Crippen MR) is 105 cm³/mol. The van der Waals surface area contributed by atoms with Crippen molar-refractivity contribution in [1.29, 1.82) is 0 Å². The van der Waals surface area contributed by atoms with Gasteiger partial charge in [-0.05, 0) is 36.8 Å². The van der Waals surface area contributed by atoms with Gasteiger partial charge in [-0.25, -0.2) is 0 Å². The summed E-state index contributed by atoms with van der Waals surface area (Å²) in [7, 11) is 0. The second-order valence-electron chi connectivity index (χ2n) is 6.19. The molecule has 0 spiro atoms. The Kier molecular flexibility index (Phi) is 6.73. The van der Waals surface area contributed by atoms with Crippen LogP contribution in [0.15, 0.2) is 39.4 Å². The molecular weight excluding hydrogens is 368 g/mol. The molecule has 1 N–H and O–H groups in total. The Morgan fingerprint density at radius 1 is 1.27 bits per heavy atom. The van der Waals surface area contributed by atoms with Gasteiger partial charge in [0.1, 0.15) is 0 Å². The fraction of sp³-hybridized carbons (Fsp3) is 0.444. The second-order valence-corrected chi connectivity index (χ2v) is 8.01. The van der Waals surface area contributed by atoms with E-state index in [0.717, 1.165) is 36.0 Å². The van der Waals surface area contributed by atoms with Gasteiger partial charge in [-0.3, -0.25) is 4.79 Å². The summed E-state index contributed by atoms with van der Waals surface area (Å²) < 4.78 is 1.73. The van der Waals surface area contributed by atoms with Crippen molar-refractivity contribution < 1.29 is 9.90 Å². The van der Waals surface area contributed by atoms with Gasteiger partial charge < -0.3 is 5.11 Å². The van der Waals surface area contributed by atoms with Crippen molar-refractivity contribution in [3.63, 3.8) is 0 Å². The lowest BCUT2D eigenvalue weighted by Crippen LogP contribution is -2.11. The average Bonchev–Trinajstić information content (AvgIpc) is 3.08. The molecule has 0 saturated heterocycles. The zero-order valence-electron chi connectivity index (χ0n) is 14.7. The number of hydrogen-bond donors (Lipinski definition) is 1. The molecule has 138 valence electrons. The van der Waals surface area contributed by atoms with E-state index >= 15 is 0 Å². The molecule has 1 aromatic heterocycles. The van der Waals surface area contributed by atoms with Gasteiger partial charge in [0.25, 0.3) is 0 Å². The number of aliphatic carboxylic acids is 1. The Hall–Kier alpha value is -1.80. The minimum Gasteiger partial charge on any atom is -0.481 e. The molecule has 1 aliphatic rings. The highest BCUT2D eigenvalue weighted by molar-refractivity contribution is 7.99. The maximum absolute atomic E-state index is 10.9. The second kappa shape index (κ2) is 9.23. The van der Waals surface area contributed by atoms with Gasteiger partial charge >= 0.3 is 5.97 Å².